The molecule has 0 spiro atoms. The molecule has 0 aliphatic carbocycles. The van der Waals surface area contributed by atoms with Crippen LogP contribution in [0.1, 0.15) is 12.5 Å². The molecule has 0 saturated carbocycles. The lowest BCUT2D eigenvalue weighted by atomic mass is 10.4. The average molecular weight is 420 g/mol. The summed E-state index contributed by atoms with van der Waals surface area (Å²) in [4.78, 5) is 10.8. The van der Waals surface area contributed by atoms with Gasteiger partial charge in [-0.25, -0.2) is 8.42 Å². The number of hydrogen-bond acceptors (Lipinski definition) is 4. The maximum atomic E-state index is 12.1. The fourth-order valence-corrected chi connectivity index (χ4v) is 5.96. The molecule has 1 rings (SSSR count). The van der Waals surface area contributed by atoms with Crippen LogP contribution in [0.3, 0.4) is 0 Å². The third-order valence-electron chi connectivity index (χ3n) is 2.14. The summed E-state index contributed by atoms with van der Waals surface area (Å²) >= 11 is 8.00. The van der Waals surface area contributed by atoms with Crippen molar-refractivity contribution in [2.75, 3.05) is 13.1 Å². The van der Waals surface area contributed by atoms with E-state index in [-0.39, 0.29) is 18.8 Å². The third-order valence-corrected chi connectivity index (χ3v) is 6.46. The first kappa shape index (κ1) is 16.1. The maximum absolute atomic E-state index is 12.1. The summed E-state index contributed by atoms with van der Waals surface area (Å²) in [6.07, 6.45) is 0. The first-order valence-corrected chi connectivity index (χ1v) is 8.97. The van der Waals surface area contributed by atoms with Crippen molar-refractivity contribution < 1.29 is 13.2 Å². The minimum atomic E-state index is -3.54. The van der Waals surface area contributed by atoms with Gasteiger partial charge in [-0.1, -0.05) is 6.92 Å². The van der Waals surface area contributed by atoms with E-state index in [1.54, 1.807) is 13.0 Å². The van der Waals surface area contributed by atoms with Crippen LogP contribution in [0.2, 0.25) is 0 Å². The Morgan fingerprint density at radius 1 is 1.50 bits per heavy atom. The van der Waals surface area contributed by atoms with Gasteiger partial charge in [-0.05, 0) is 43.5 Å². The van der Waals surface area contributed by atoms with Gasteiger partial charge in [0.25, 0.3) is 0 Å². The molecule has 9 heteroatoms. The van der Waals surface area contributed by atoms with Gasteiger partial charge in [0.05, 0.1) is 19.9 Å². The highest BCUT2D eigenvalue weighted by Crippen LogP contribution is 2.33. The minimum Gasteiger partial charge on any atom is -0.369 e. The Balaban J connectivity index is 2.93. The van der Waals surface area contributed by atoms with Crippen LogP contribution in [0.15, 0.2) is 13.6 Å². The summed E-state index contributed by atoms with van der Waals surface area (Å²) in [7, 11) is -3.54. The molecule has 2 N–H and O–H groups in total. The molecule has 0 aromatic carbocycles. The number of amides is 1. The summed E-state index contributed by atoms with van der Waals surface area (Å²) in [5.74, 6) is -0.817. The Labute approximate surface area is 127 Å². The summed E-state index contributed by atoms with van der Waals surface area (Å²) in [5.41, 5.74) is 5.70. The van der Waals surface area contributed by atoms with Gasteiger partial charge in [0.2, 0.25) is 15.9 Å². The van der Waals surface area contributed by atoms with Crippen molar-refractivity contribution in [1.82, 2.24) is 4.31 Å². The molecule has 0 atom stereocenters. The first-order chi connectivity index (χ1) is 8.26. The Morgan fingerprint density at radius 3 is 2.50 bits per heavy atom. The van der Waals surface area contributed by atoms with E-state index in [1.165, 1.54) is 11.3 Å². The lowest BCUT2D eigenvalue weighted by Gasteiger charge is -2.18. The molecule has 18 heavy (non-hydrogen) atoms. The molecule has 5 nitrogen and oxygen atoms in total. The predicted molar refractivity (Wildman–Crippen MR) is 78.8 cm³/mol. The molecular weight excluding hydrogens is 408 g/mol. The molecule has 0 unspecified atom stereocenters. The highest BCUT2D eigenvalue weighted by atomic mass is 79.9. The Morgan fingerprint density at radius 2 is 2.11 bits per heavy atom. The molecule has 1 heterocycles. The number of carbonyl (C=O) groups excluding carboxylic acids is 1. The van der Waals surface area contributed by atoms with Crippen molar-refractivity contribution in [3.05, 3.63) is 19.2 Å². The monoisotopic (exact) mass is 418 g/mol. The average Bonchev–Trinajstić information content (AvgIpc) is 2.52. The van der Waals surface area contributed by atoms with E-state index in [0.717, 1.165) is 11.9 Å². The summed E-state index contributed by atoms with van der Waals surface area (Å²) in [6.45, 7) is 1.59. The van der Waals surface area contributed by atoms with E-state index in [9.17, 15) is 13.2 Å². The van der Waals surface area contributed by atoms with Crippen LogP contribution < -0.4 is 5.73 Å². The molecule has 0 fully saturated rings. The largest absolute Gasteiger partial charge is 0.369 e. The number of hydrogen-bond donors (Lipinski definition) is 1. The maximum Gasteiger partial charge on any atom is 0.232 e. The van der Waals surface area contributed by atoms with E-state index in [4.69, 9.17) is 5.73 Å². The zero-order valence-electron chi connectivity index (χ0n) is 9.52. The van der Waals surface area contributed by atoms with E-state index < -0.39 is 15.9 Å². The smallest absolute Gasteiger partial charge is 0.232 e. The number of halogens is 2. The number of sulfonamides is 1. The Bertz CT molecular complexity index is 542. The van der Waals surface area contributed by atoms with Crippen molar-refractivity contribution >= 4 is 59.1 Å². The van der Waals surface area contributed by atoms with Gasteiger partial charge in [-0.3, -0.25) is 4.79 Å². The first-order valence-electron chi connectivity index (χ1n) is 4.96. The lowest BCUT2D eigenvalue weighted by molar-refractivity contribution is -0.118. The molecular formula is C9H12Br2N2O3S2. The molecule has 1 amide bonds. The number of thiophene rings is 1. The molecule has 0 saturated heterocycles. The van der Waals surface area contributed by atoms with Crippen LogP contribution in [-0.4, -0.2) is 31.7 Å². The zero-order valence-corrected chi connectivity index (χ0v) is 14.3. The summed E-state index contributed by atoms with van der Waals surface area (Å²) in [5, 5.41) is 0. The van der Waals surface area contributed by atoms with Gasteiger partial charge in [0.15, 0.2) is 0 Å². The molecule has 0 radical (unpaired) electrons. The number of likely N-dealkylation sites (N-methyl/N-ethyl adjacent to an activating group) is 1. The zero-order chi connectivity index (χ0) is 13.9. The Hall–Kier alpha value is 0.0400. The number of primary amides is 1. The van der Waals surface area contributed by atoms with Crippen molar-refractivity contribution in [2.45, 2.75) is 12.7 Å². The van der Waals surface area contributed by atoms with Gasteiger partial charge in [-0.2, -0.15) is 4.31 Å². The fraction of sp³-hybridized carbons (Fsp3) is 0.444. The van der Waals surface area contributed by atoms with Crippen LogP contribution >= 0.6 is 43.2 Å². The second-order valence-corrected chi connectivity index (χ2v) is 9.22. The van der Waals surface area contributed by atoms with Crippen molar-refractivity contribution in [3.63, 3.8) is 0 Å². The lowest BCUT2D eigenvalue weighted by Crippen LogP contribution is -2.38. The van der Waals surface area contributed by atoms with Gasteiger partial charge in [-0.15, -0.1) is 11.3 Å². The molecule has 0 aliphatic heterocycles. The highest BCUT2D eigenvalue weighted by Gasteiger charge is 2.24. The molecule has 102 valence electrons. The van der Waals surface area contributed by atoms with Gasteiger partial charge in [0.1, 0.15) is 0 Å². The quantitative estimate of drug-likeness (QED) is 0.764. The molecule has 0 aliphatic rings. The number of carbonyl (C=O) groups is 1. The number of nitrogens with two attached hydrogens (primary N) is 1. The Kier molecular flexibility index (Phi) is 5.78. The third kappa shape index (κ3) is 4.30. The second kappa shape index (κ2) is 6.47. The van der Waals surface area contributed by atoms with E-state index >= 15 is 0 Å². The van der Waals surface area contributed by atoms with Crippen LogP contribution in [0, 0.1) is 0 Å². The SMILES string of the molecule is CCN(CC(N)=O)S(=O)(=O)Cc1cc(Br)sc1Br. The minimum absolute atomic E-state index is 0.156. The van der Waals surface area contributed by atoms with Gasteiger partial charge < -0.3 is 5.73 Å². The van der Waals surface area contributed by atoms with E-state index in [1.807, 2.05) is 0 Å². The van der Waals surface area contributed by atoms with Crippen LogP contribution in [-0.2, 0) is 20.6 Å². The van der Waals surface area contributed by atoms with Crippen LogP contribution in [0.25, 0.3) is 0 Å². The van der Waals surface area contributed by atoms with Gasteiger partial charge >= 0.3 is 0 Å². The predicted octanol–water partition coefficient (Wildman–Crippen LogP) is 1.91. The normalized spacial score (nSPS) is 12.0. The topological polar surface area (TPSA) is 80.5 Å². The van der Waals surface area contributed by atoms with Crippen molar-refractivity contribution in [1.29, 1.82) is 0 Å². The number of rotatable bonds is 6. The standard InChI is InChI=1S/C9H12Br2N2O3S2/c1-2-13(4-8(12)14)18(15,16)5-6-3-7(10)17-9(6)11/h3H,2,4-5H2,1H3,(H2,12,14). The van der Waals surface area contributed by atoms with E-state index in [0.29, 0.717) is 5.56 Å². The highest BCUT2D eigenvalue weighted by molar-refractivity contribution is 9.12. The van der Waals surface area contributed by atoms with Crippen LogP contribution in [0.5, 0.6) is 0 Å². The molecule has 1 aromatic heterocycles. The fourth-order valence-electron chi connectivity index (χ4n) is 1.34. The molecule has 1 aromatic rings. The molecule has 0 bridgehead atoms. The second-order valence-electron chi connectivity index (χ2n) is 3.50. The van der Waals surface area contributed by atoms with Crippen LogP contribution in [0.4, 0.5) is 0 Å². The number of nitrogens with zero attached hydrogens (tertiary/aromatic N) is 1. The van der Waals surface area contributed by atoms with Crippen molar-refractivity contribution in [2.24, 2.45) is 5.73 Å². The van der Waals surface area contributed by atoms with Gasteiger partial charge in [0, 0.05) is 6.54 Å². The summed E-state index contributed by atoms with van der Waals surface area (Å²) < 4.78 is 26.9. The van der Waals surface area contributed by atoms with Crippen molar-refractivity contribution in [3.8, 4) is 0 Å². The summed E-state index contributed by atoms with van der Waals surface area (Å²) in [6, 6.07) is 1.74. The van der Waals surface area contributed by atoms with E-state index in [2.05, 4.69) is 31.9 Å².